The quantitative estimate of drug-likeness (QED) is 0.742. The van der Waals surface area contributed by atoms with Crippen LogP contribution in [-0.4, -0.2) is 33.8 Å². The predicted molar refractivity (Wildman–Crippen MR) is 65.9 cm³/mol. The van der Waals surface area contributed by atoms with Crippen LogP contribution in [0.2, 0.25) is 0 Å². The molecule has 0 N–H and O–H groups in total. The average Bonchev–Trinajstić information content (AvgIpc) is 2.22. The highest BCUT2D eigenvalue weighted by Gasteiger charge is 2.15. The van der Waals surface area contributed by atoms with E-state index in [9.17, 15) is 8.78 Å². The van der Waals surface area contributed by atoms with Crippen LogP contribution in [0.4, 0.5) is 8.78 Å². The Morgan fingerprint density at radius 1 is 1.29 bits per heavy atom. The highest BCUT2D eigenvalue weighted by atomic mass is 19.3. The van der Waals surface area contributed by atoms with Crippen LogP contribution in [0, 0.1) is 6.92 Å². The van der Waals surface area contributed by atoms with E-state index in [1.165, 1.54) is 6.07 Å². The topological polar surface area (TPSA) is 22.1 Å². The summed E-state index contributed by atoms with van der Waals surface area (Å²) in [6, 6.07) is 1.19. The SMILES string of the molecule is CC.[B]C([B])([B])Oc1cnc(C(F)F)cc1C. The van der Waals surface area contributed by atoms with Crippen LogP contribution in [0.15, 0.2) is 12.3 Å². The summed E-state index contributed by atoms with van der Waals surface area (Å²) in [5.41, 5.74) is 0.0996. The first-order valence-electron chi connectivity index (χ1n) is 5.10. The first kappa shape index (κ1) is 16.0. The van der Waals surface area contributed by atoms with Crippen molar-refractivity contribution in [3.63, 3.8) is 0 Å². The molecule has 0 amide bonds. The highest BCUT2D eigenvalue weighted by Crippen LogP contribution is 2.24. The second kappa shape index (κ2) is 6.67. The van der Waals surface area contributed by atoms with Crippen molar-refractivity contribution in [3.05, 3.63) is 23.5 Å². The molecule has 0 spiro atoms. The van der Waals surface area contributed by atoms with E-state index in [0.717, 1.165) is 6.20 Å². The summed E-state index contributed by atoms with van der Waals surface area (Å²) in [7, 11) is 15.6. The molecule has 17 heavy (non-hydrogen) atoms. The van der Waals surface area contributed by atoms with E-state index >= 15 is 0 Å². The standard InChI is InChI=1S/C8H6B3F2NO.C2H6/c1-4-2-5(7(12)13)14-3-6(4)15-8(9,10)11;1-2/h2-3,7H,1H3;1-2H3. The number of hydrogen-bond donors (Lipinski definition) is 0. The lowest BCUT2D eigenvalue weighted by Gasteiger charge is -2.24. The van der Waals surface area contributed by atoms with E-state index < -0.39 is 11.7 Å². The third-order valence-electron chi connectivity index (χ3n) is 1.59. The summed E-state index contributed by atoms with van der Waals surface area (Å²) in [6.07, 6.45) is -1.52. The molecule has 86 valence electrons. The number of hydrogen-bond acceptors (Lipinski definition) is 2. The molecule has 0 fully saturated rings. The molecular weight excluding hydrogens is 221 g/mol. The van der Waals surface area contributed by atoms with Crippen LogP contribution >= 0.6 is 0 Å². The fourth-order valence-corrected chi connectivity index (χ4v) is 0.982. The molecule has 0 bridgehead atoms. The van der Waals surface area contributed by atoms with Crippen molar-refractivity contribution in [2.75, 3.05) is 0 Å². The molecule has 1 heterocycles. The molecule has 0 aliphatic carbocycles. The Morgan fingerprint density at radius 3 is 2.18 bits per heavy atom. The Morgan fingerprint density at radius 2 is 1.82 bits per heavy atom. The zero-order chi connectivity index (χ0) is 13.6. The van der Waals surface area contributed by atoms with E-state index in [4.69, 9.17) is 28.3 Å². The molecule has 0 aromatic carbocycles. The van der Waals surface area contributed by atoms with Gasteiger partial charge in [0.2, 0.25) is 0 Å². The van der Waals surface area contributed by atoms with Crippen molar-refractivity contribution >= 4 is 23.5 Å². The second-order valence-corrected chi connectivity index (χ2v) is 3.13. The van der Waals surface area contributed by atoms with Crippen molar-refractivity contribution in [1.29, 1.82) is 0 Å². The van der Waals surface area contributed by atoms with Gasteiger partial charge in [-0.2, -0.15) is 0 Å². The van der Waals surface area contributed by atoms with Gasteiger partial charge in [-0.1, -0.05) is 13.8 Å². The van der Waals surface area contributed by atoms with Gasteiger partial charge in [0.05, 0.1) is 6.20 Å². The predicted octanol–water partition coefficient (Wildman–Crippen LogP) is 1.85. The fourth-order valence-electron chi connectivity index (χ4n) is 0.982. The van der Waals surface area contributed by atoms with Crippen LogP contribution in [0.3, 0.4) is 0 Å². The largest absolute Gasteiger partial charge is 0.514 e. The van der Waals surface area contributed by atoms with E-state index in [1.807, 2.05) is 13.8 Å². The lowest BCUT2D eigenvalue weighted by atomic mass is 9.52. The molecule has 0 saturated carbocycles. The van der Waals surface area contributed by atoms with E-state index in [0.29, 0.717) is 5.56 Å². The fraction of sp³-hybridized carbons (Fsp3) is 0.500. The minimum Gasteiger partial charge on any atom is -0.514 e. The molecular formula is C10H12B3F2NO. The van der Waals surface area contributed by atoms with Gasteiger partial charge in [0, 0.05) is 0 Å². The Bertz CT molecular complexity index is 356. The molecule has 0 saturated heterocycles. The van der Waals surface area contributed by atoms with E-state index in [2.05, 4.69) is 4.98 Å². The summed E-state index contributed by atoms with van der Waals surface area (Å²) in [4.78, 5) is 3.48. The lowest BCUT2D eigenvalue weighted by Crippen LogP contribution is -2.37. The Kier molecular flexibility index (Phi) is 6.28. The lowest BCUT2D eigenvalue weighted by molar-refractivity contribution is 0.145. The number of ether oxygens (including phenoxy) is 1. The number of halogens is 2. The van der Waals surface area contributed by atoms with Gasteiger partial charge in [0.1, 0.15) is 35.0 Å². The minimum atomic E-state index is -2.63. The number of alkyl halides is 2. The van der Waals surface area contributed by atoms with Crippen LogP contribution in [0.1, 0.15) is 31.5 Å². The van der Waals surface area contributed by atoms with Gasteiger partial charge < -0.3 is 4.74 Å². The second-order valence-electron chi connectivity index (χ2n) is 3.13. The molecule has 1 rings (SSSR count). The van der Waals surface area contributed by atoms with Gasteiger partial charge in [0.15, 0.2) is 0 Å². The molecule has 0 unspecified atom stereocenters. The van der Waals surface area contributed by atoms with Gasteiger partial charge in [0.25, 0.3) is 6.43 Å². The summed E-state index contributed by atoms with van der Waals surface area (Å²) >= 11 is 0. The summed E-state index contributed by atoms with van der Waals surface area (Å²) in [6.45, 7) is 5.56. The van der Waals surface area contributed by atoms with Gasteiger partial charge >= 0.3 is 0 Å². The van der Waals surface area contributed by atoms with Gasteiger partial charge in [-0.05, 0) is 23.9 Å². The van der Waals surface area contributed by atoms with Crippen molar-refractivity contribution in [2.24, 2.45) is 0 Å². The number of aryl methyl sites for hydroxylation is 1. The van der Waals surface area contributed by atoms with Crippen molar-refractivity contribution in [1.82, 2.24) is 4.98 Å². The van der Waals surface area contributed by atoms with Crippen molar-refractivity contribution in [2.45, 2.75) is 32.5 Å². The van der Waals surface area contributed by atoms with Crippen molar-refractivity contribution in [3.8, 4) is 5.75 Å². The maximum atomic E-state index is 12.2. The monoisotopic (exact) mass is 233 g/mol. The summed E-state index contributed by atoms with van der Waals surface area (Å²) in [5, 5.41) is -1.85. The smallest absolute Gasteiger partial charge is 0.280 e. The zero-order valence-corrected chi connectivity index (χ0v) is 10.1. The third-order valence-corrected chi connectivity index (χ3v) is 1.59. The number of aromatic nitrogens is 1. The van der Waals surface area contributed by atoms with Gasteiger partial charge in [-0.15, -0.1) is 0 Å². The minimum absolute atomic E-state index is 0.173. The van der Waals surface area contributed by atoms with Gasteiger partial charge in [-0.3, -0.25) is 4.98 Å². The van der Waals surface area contributed by atoms with Crippen LogP contribution in [0.25, 0.3) is 0 Å². The van der Waals surface area contributed by atoms with Crippen LogP contribution in [0.5, 0.6) is 5.75 Å². The average molecular weight is 233 g/mol. The Balaban J connectivity index is 0.00000121. The number of rotatable bonds is 3. The first-order valence-corrected chi connectivity index (χ1v) is 5.10. The van der Waals surface area contributed by atoms with Crippen LogP contribution < -0.4 is 4.74 Å². The van der Waals surface area contributed by atoms with Gasteiger partial charge in [-0.25, -0.2) is 8.78 Å². The molecule has 0 aliphatic heterocycles. The molecule has 1 aromatic rings. The van der Waals surface area contributed by atoms with Crippen LogP contribution in [-0.2, 0) is 0 Å². The van der Waals surface area contributed by atoms with E-state index in [-0.39, 0.29) is 11.4 Å². The molecule has 1 aromatic heterocycles. The summed E-state index contributed by atoms with van der Waals surface area (Å²) < 4.78 is 29.4. The van der Waals surface area contributed by atoms with E-state index in [1.54, 1.807) is 6.92 Å². The normalized spacial score (nSPS) is 10.7. The Labute approximate surface area is 104 Å². The van der Waals surface area contributed by atoms with Crippen molar-refractivity contribution < 1.29 is 13.5 Å². The first-order chi connectivity index (χ1) is 7.79. The third kappa shape index (κ3) is 5.75. The molecule has 2 nitrogen and oxygen atoms in total. The maximum absolute atomic E-state index is 12.2. The Hall–Kier alpha value is -0.995. The zero-order valence-electron chi connectivity index (χ0n) is 10.1. The maximum Gasteiger partial charge on any atom is 0.280 e. The molecule has 6 radical (unpaired) electrons. The summed E-state index contributed by atoms with van der Waals surface area (Å²) in [5.74, 6) is 0.173. The molecule has 7 heteroatoms. The number of nitrogens with zero attached hydrogens (tertiary/aromatic N) is 1. The number of pyridine rings is 1. The molecule has 0 atom stereocenters. The highest BCUT2D eigenvalue weighted by molar-refractivity contribution is 6.58. The molecule has 0 aliphatic rings.